The lowest BCUT2D eigenvalue weighted by atomic mass is 10.1. The first kappa shape index (κ1) is 15.2. The van der Waals surface area contributed by atoms with Crippen LogP contribution in [0.4, 0.5) is 5.82 Å². The van der Waals surface area contributed by atoms with Crippen molar-refractivity contribution < 1.29 is 4.79 Å². The number of nitrogens with one attached hydrogen (secondary N) is 1. The summed E-state index contributed by atoms with van der Waals surface area (Å²) in [5, 5.41) is 4.22. The summed E-state index contributed by atoms with van der Waals surface area (Å²) in [5.74, 6) is 0.204. The highest BCUT2D eigenvalue weighted by Crippen LogP contribution is 2.22. The second kappa shape index (κ2) is 6.58. The van der Waals surface area contributed by atoms with E-state index in [9.17, 15) is 4.79 Å². The Labute approximate surface area is 138 Å². The minimum atomic E-state index is -0.257. The number of amides is 1. The predicted molar refractivity (Wildman–Crippen MR) is 93.4 cm³/mol. The van der Waals surface area contributed by atoms with E-state index in [0.29, 0.717) is 16.4 Å². The van der Waals surface area contributed by atoms with E-state index in [2.05, 4.69) is 15.3 Å². The molecular formula is C18H14ClN3O. The van der Waals surface area contributed by atoms with E-state index in [4.69, 9.17) is 11.6 Å². The Morgan fingerprint density at radius 2 is 2.09 bits per heavy atom. The number of para-hydroxylation sites is 1. The maximum atomic E-state index is 12.0. The van der Waals surface area contributed by atoms with Crippen LogP contribution in [0.1, 0.15) is 11.1 Å². The van der Waals surface area contributed by atoms with Gasteiger partial charge in [-0.05, 0) is 48.4 Å². The maximum Gasteiger partial charge on any atom is 0.249 e. The lowest BCUT2D eigenvalue weighted by Gasteiger charge is -2.04. The molecule has 2 heterocycles. The van der Waals surface area contributed by atoms with Crippen molar-refractivity contribution in [2.45, 2.75) is 6.92 Å². The third-order valence-electron chi connectivity index (χ3n) is 3.42. The van der Waals surface area contributed by atoms with Crippen molar-refractivity contribution in [3.05, 3.63) is 71.0 Å². The van der Waals surface area contributed by atoms with Gasteiger partial charge >= 0.3 is 0 Å². The summed E-state index contributed by atoms with van der Waals surface area (Å²) in [6.45, 7) is 1.96. The van der Waals surface area contributed by atoms with E-state index in [1.54, 1.807) is 30.6 Å². The third-order valence-corrected chi connectivity index (χ3v) is 3.72. The van der Waals surface area contributed by atoms with Crippen LogP contribution in [0.15, 0.2) is 54.9 Å². The molecule has 0 radical (unpaired) electrons. The molecule has 0 fully saturated rings. The highest BCUT2D eigenvalue weighted by Gasteiger charge is 2.04. The van der Waals surface area contributed by atoms with E-state index in [1.165, 1.54) is 6.08 Å². The molecule has 1 N–H and O–H groups in total. The number of aromatic nitrogens is 2. The van der Waals surface area contributed by atoms with Crippen LogP contribution in [0.25, 0.3) is 17.0 Å². The van der Waals surface area contributed by atoms with Crippen LogP contribution in [-0.2, 0) is 4.79 Å². The van der Waals surface area contributed by atoms with Gasteiger partial charge in [0.25, 0.3) is 0 Å². The van der Waals surface area contributed by atoms with Crippen LogP contribution < -0.4 is 5.32 Å². The maximum absolute atomic E-state index is 12.0. The number of carbonyl (C=O) groups excluding carboxylic acids is 1. The van der Waals surface area contributed by atoms with Gasteiger partial charge in [0, 0.05) is 23.9 Å². The van der Waals surface area contributed by atoms with Crippen LogP contribution in [0.2, 0.25) is 5.02 Å². The average Bonchev–Trinajstić information content (AvgIpc) is 2.55. The smallest absolute Gasteiger partial charge is 0.249 e. The molecule has 3 aromatic rings. The minimum Gasteiger partial charge on any atom is -0.307 e. The fourth-order valence-electron chi connectivity index (χ4n) is 2.16. The van der Waals surface area contributed by atoms with E-state index in [0.717, 1.165) is 16.5 Å². The van der Waals surface area contributed by atoms with Gasteiger partial charge in [-0.25, -0.2) is 4.98 Å². The summed E-state index contributed by atoms with van der Waals surface area (Å²) in [7, 11) is 0. The normalized spacial score (nSPS) is 11.0. The summed E-state index contributed by atoms with van der Waals surface area (Å²) >= 11 is 6.13. The molecule has 0 saturated carbocycles. The monoisotopic (exact) mass is 323 g/mol. The third kappa shape index (κ3) is 3.55. The highest BCUT2D eigenvalue weighted by atomic mass is 35.5. The van der Waals surface area contributed by atoms with Crippen LogP contribution >= 0.6 is 11.6 Å². The lowest BCUT2D eigenvalue weighted by Crippen LogP contribution is -2.09. The molecule has 0 aliphatic heterocycles. The number of halogens is 1. The molecule has 2 aromatic heterocycles. The number of rotatable bonds is 3. The Morgan fingerprint density at radius 3 is 2.91 bits per heavy atom. The zero-order valence-electron chi connectivity index (χ0n) is 12.5. The highest BCUT2D eigenvalue weighted by molar-refractivity contribution is 6.35. The van der Waals surface area contributed by atoms with Crippen molar-refractivity contribution in [3.8, 4) is 0 Å². The first-order valence-corrected chi connectivity index (χ1v) is 7.46. The van der Waals surface area contributed by atoms with Crippen molar-refractivity contribution in [2.24, 2.45) is 0 Å². The fraction of sp³-hybridized carbons (Fsp3) is 0.0556. The average molecular weight is 324 g/mol. The zero-order chi connectivity index (χ0) is 16.2. The number of anilines is 1. The molecular weight excluding hydrogens is 310 g/mol. The molecule has 1 aromatic carbocycles. The van der Waals surface area contributed by atoms with Crippen molar-refractivity contribution in [1.29, 1.82) is 0 Å². The summed E-state index contributed by atoms with van der Waals surface area (Å²) in [4.78, 5) is 20.4. The number of hydrogen-bond donors (Lipinski definition) is 1. The topological polar surface area (TPSA) is 54.9 Å². The Morgan fingerprint density at radius 1 is 1.22 bits per heavy atom. The molecule has 0 unspecified atom stereocenters. The number of fused-ring (bicyclic) bond motifs is 1. The van der Waals surface area contributed by atoms with Crippen molar-refractivity contribution >= 4 is 40.3 Å². The van der Waals surface area contributed by atoms with Crippen LogP contribution in [-0.4, -0.2) is 15.9 Å². The second-order valence-electron chi connectivity index (χ2n) is 5.06. The van der Waals surface area contributed by atoms with Gasteiger partial charge in [0.15, 0.2) is 0 Å². The van der Waals surface area contributed by atoms with E-state index in [1.807, 2.05) is 31.2 Å². The quantitative estimate of drug-likeness (QED) is 0.733. The molecule has 0 aliphatic rings. The van der Waals surface area contributed by atoms with Crippen LogP contribution in [0.3, 0.4) is 0 Å². The lowest BCUT2D eigenvalue weighted by molar-refractivity contribution is -0.111. The summed E-state index contributed by atoms with van der Waals surface area (Å²) in [6.07, 6.45) is 6.62. The molecule has 4 nitrogen and oxygen atoms in total. The number of benzene rings is 1. The van der Waals surface area contributed by atoms with Crippen molar-refractivity contribution in [2.75, 3.05) is 5.32 Å². The summed E-state index contributed by atoms with van der Waals surface area (Å²) < 4.78 is 0. The Balaban J connectivity index is 1.78. The molecule has 23 heavy (non-hydrogen) atoms. The van der Waals surface area contributed by atoms with Crippen molar-refractivity contribution in [1.82, 2.24) is 9.97 Å². The van der Waals surface area contributed by atoms with E-state index < -0.39 is 0 Å². The van der Waals surface area contributed by atoms with Gasteiger partial charge in [0.05, 0.1) is 10.5 Å². The molecule has 0 aliphatic carbocycles. The number of aryl methyl sites for hydroxylation is 1. The molecule has 0 saturated heterocycles. The summed E-state index contributed by atoms with van der Waals surface area (Å²) in [6, 6.07) is 11.1. The number of hydrogen-bond acceptors (Lipinski definition) is 3. The number of nitrogens with zero attached hydrogens (tertiary/aromatic N) is 2. The minimum absolute atomic E-state index is 0.257. The molecule has 3 rings (SSSR count). The largest absolute Gasteiger partial charge is 0.307 e. The standard InChI is InChI=1S/C18H14ClN3O/c1-12-9-10-20-11-14(12)6-8-17(23)21-16-7-5-13-3-2-4-15(19)18(13)22-16/h2-11H,1H3,(H,21,22,23)/b8-6+. The SMILES string of the molecule is Cc1ccncc1/C=C/C(=O)Nc1ccc2cccc(Cl)c2n1. The zero-order valence-corrected chi connectivity index (χ0v) is 13.2. The van der Waals surface area contributed by atoms with Gasteiger partial charge in [0.1, 0.15) is 5.82 Å². The van der Waals surface area contributed by atoms with Gasteiger partial charge in [-0.1, -0.05) is 23.7 Å². The molecule has 0 spiro atoms. The Hall–Kier alpha value is -2.72. The van der Waals surface area contributed by atoms with E-state index in [-0.39, 0.29) is 5.91 Å². The summed E-state index contributed by atoms with van der Waals surface area (Å²) in [5.41, 5.74) is 2.62. The van der Waals surface area contributed by atoms with Crippen LogP contribution in [0, 0.1) is 6.92 Å². The van der Waals surface area contributed by atoms with Gasteiger partial charge in [-0.3, -0.25) is 9.78 Å². The Kier molecular flexibility index (Phi) is 4.35. The van der Waals surface area contributed by atoms with E-state index >= 15 is 0 Å². The van der Waals surface area contributed by atoms with Gasteiger partial charge in [0.2, 0.25) is 5.91 Å². The molecule has 114 valence electrons. The molecule has 1 amide bonds. The Bertz CT molecular complexity index is 906. The van der Waals surface area contributed by atoms with Gasteiger partial charge in [-0.15, -0.1) is 0 Å². The fourth-order valence-corrected chi connectivity index (χ4v) is 2.39. The second-order valence-corrected chi connectivity index (χ2v) is 5.47. The number of carbonyl (C=O) groups is 1. The number of pyridine rings is 2. The molecule has 0 bridgehead atoms. The van der Waals surface area contributed by atoms with Gasteiger partial charge in [-0.2, -0.15) is 0 Å². The molecule has 5 heteroatoms. The van der Waals surface area contributed by atoms with Gasteiger partial charge < -0.3 is 5.32 Å². The molecule has 0 atom stereocenters. The first-order chi connectivity index (χ1) is 11.1. The van der Waals surface area contributed by atoms with Crippen LogP contribution in [0.5, 0.6) is 0 Å². The van der Waals surface area contributed by atoms with Crippen molar-refractivity contribution in [3.63, 3.8) is 0 Å². The predicted octanol–water partition coefficient (Wildman–Crippen LogP) is 4.24. The first-order valence-electron chi connectivity index (χ1n) is 7.08.